The second-order valence-electron chi connectivity index (χ2n) is 12.9. The molecule has 10 aromatic rings. The SMILES string of the molecule is c1ccc2cc(-c3cc(-c4ccc(-n5c6ccccc6c6ccccc65)cc4)nc(-c4ccc(-c5cnc6ccccc6c5)cc4)n3)ccc2c1. The first-order valence-corrected chi connectivity index (χ1v) is 17.2. The van der Waals surface area contributed by atoms with E-state index in [-0.39, 0.29) is 0 Å². The van der Waals surface area contributed by atoms with Gasteiger partial charge in [-0.1, -0.05) is 127 Å². The first-order valence-electron chi connectivity index (χ1n) is 17.2. The fourth-order valence-corrected chi connectivity index (χ4v) is 7.24. The summed E-state index contributed by atoms with van der Waals surface area (Å²) in [6.45, 7) is 0. The van der Waals surface area contributed by atoms with E-state index in [4.69, 9.17) is 9.97 Å². The molecule has 4 nitrogen and oxygen atoms in total. The molecule has 0 aliphatic rings. The van der Waals surface area contributed by atoms with Gasteiger partial charge >= 0.3 is 0 Å². The van der Waals surface area contributed by atoms with E-state index < -0.39 is 0 Å². The lowest BCUT2D eigenvalue weighted by molar-refractivity contribution is 1.17. The van der Waals surface area contributed by atoms with Gasteiger partial charge in [-0.3, -0.25) is 4.98 Å². The Labute approximate surface area is 295 Å². The molecule has 0 N–H and O–H groups in total. The molecule has 0 atom stereocenters. The Morgan fingerprint density at radius 3 is 1.67 bits per heavy atom. The van der Waals surface area contributed by atoms with Crippen molar-refractivity contribution >= 4 is 43.5 Å². The Bertz CT molecular complexity index is 2850. The van der Waals surface area contributed by atoms with Gasteiger partial charge in [0.2, 0.25) is 0 Å². The van der Waals surface area contributed by atoms with Gasteiger partial charge in [0.15, 0.2) is 5.82 Å². The molecule has 0 saturated carbocycles. The number of rotatable bonds is 5. The minimum absolute atomic E-state index is 0.685. The predicted octanol–water partition coefficient (Wildman–Crippen LogP) is 11.9. The molecular formula is C47H30N4. The third-order valence-corrected chi connectivity index (χ3v) is 9.84. The number of nitrogens with zero attached hydrogens (tertiary/aromatic N) is 4. The lowest BCUT2D eigenvalue weighted by atomic mass is 10.0. The standard InChI is InChI=1S/C47H30N4/c1-2-10-35-27-37(22-19-31(35)9-1)44-29-43(33-23-25-39(26-24-33)51-45-15-7-4-12-40(45)41-13-5-8-16-46(41)51)49-47(50-44)34-20-17-32(18-21-34)38-28-36-11-3-6-14-42(36)48-30-38/h1-30H. The summed E-state index contributed by atoms with van der Waals surface area (Å²) < 4.78 is 2.34. The smallest absolute Gasteiger partial charge is 0.160 e. The maximum Gasteiger partial charge on any atom is 0.160 e. The van der Waals surface area contributed by atoms with Crippen LogP contribution in [0.1, 0.15) is 0 Å². The van der Waals surface area contributed by atoms with Gasteiger partial charge in [-0.25, -0.2) is 9.97 Å². The van der Waals surface area contributed by atoms with Crippen molar-refractivity contribution in [3.63, 3.8) is 0 Å². The average Bonchev–Trinajstić information content (AvgIpc) is 3.55. The average molecular weight is 651 g/mol. The Hall–Kier alpha value is -6.91. The van der Waals surface area contributed by atoms with E-state index in [1.54, 1.807) is 0 Å². The molecule has 0 saturated heterocycles. The predicted molar refractivity (Wildman–Crippen MR) is 211 cm³/mol. The number of aromatic nitrogens is 4. The second kappa shape index (κ2) is 11.9. The van der Waals surface area contributed by atoms with Crippen LogP contribution in [0.5, 0.6) is 0 Å². The lowest BCUT2D eigenvalue weighted by Gasteiger charge is -2.12. The molecule has 10 rings (SSSR count). The van der Waals surface area contributed by atoms with Crippen molar-refractivity contribution in [2.45, 2.75) is 0 Å². The molecule has 0 amide bonds. The summed E-state index contributed by atoms with van der Waals surface area (Å²) in [4.78, 5) is 15.0. The van der Waals surface area contributed by atoms with Crippen LogP contribution in [-0.4, -0.2) is 19.5 Å². The summed E-state index contributed by atoms with van der Waals surface area (Å²) >= 11 is 0. The van der Waals surface area contributed by atoms with Crippen molar-refractivity contribution in [1.29, 1.82) is 0 Å². The van der Waals surface area contributed by atoms with Gasteiger partial charge in [0.05, 0.1) is 27.9 Å². The molecule has 3 aromatic heterocycles. The summed E-state index contributed by atoms with van der Waals surface area (Å²) in [5.41, 5.74) is 11.5. The number of hydrogen-bond acceptors (Lipinski definition) is 3. The van der Waals surface area contributed by atoms with Gasteiger partial charge in [0.1, 0.15) is 0 Å². The Morgan fingerprint density at radius 2 is 0.922 bits per heavy atom. The quantitative estimate of drug-likeness (QED) is 0.186. The van der Waals surface area contributed by atoms with Gasteiger partial charge in [-0.15, -0.1) is 0 Å². The first kappa shape index (κ1) is 29.0. The molecule has 0 unspecified atom stereocenters. The van der Waals surface area contributed by atoms with Crippen molar-refractivity contribution in [2.24, 2.45) is 0 Å². The van der Waals surface area contributed by atoms with Gasteiger partial charge < -0.3 is 4.57 Å². The summed E-state index contributed by atoms with van der Waals surface area (Å²) in [5, 5.41) is 6.01. The second-order valence-corrected chi connectivity index (χ2v) is 12.9. The Kier molecular flexibility index (Phi) is 6.78. The Morgan fingerprint density at radius 1 is 0.373 bits per heavy atom. The molecule has 4 heteroatoms. The van der Waals surface area contributed by atoms with Gasteiger partial charge in [-0.05, 0) is 64.9 Å². The molecule has 0 spiro atoms. The highest BCUT2D eigenvalue weighted by Crippen LogP contribution is 2.34. The number of pyridine rings is 1. The largest absolute Gasteiger partial charge is 0.309 e. The highest BCUT2D eigenvalue weighted by molar-refractivity contribution is 6.09. The Balaban J connectivity index is 1.07. The third-order valence-electron chi connectivity index (χ3n) is 9.84. The zero-order valence-electron chi connectivity index (χ0n) is 27.6. The van der Waals surface area contributed by atoms with Crippen LogP contribution in [0.3, 0.4) is 0 Å². The molecule has 7 aromatic carbocycles. The summed E-state index contributed by atoms with van der Waals surface area (Å²) in [5.74, 6) is 0.685. The fourth-order valence-electron chi connectivity index (χ4n) is 7.24. The van der Waals surface area contributed by atoms with Crippen LogP contribution >= 0.6 is 0 Å². The summed E-state index contributed by atoms with van der Waals surface area (Å²) in [6, 6.07) is 61.9. The van der Waals surface area contributed by atoms with Crippen molar-refractivity contribution < 1.29 is 0 Å². The van der Waals surface area contributed by atoms with Crippen molar-refractivity contribution in [2.75, 3.05) is 0 Å². The summed E-state index contributed by atoms with van der Waals surface area (Å²) in [6.07, 6.45) is 1.94. The van der Waals surface area contributed by atoms with Crippen molar-refractivity contribution in [3.8, 4) is 50.7 Å². The van der Waals surface area contributed by atoms with E-state index in [0.717, 1.165) is 55.8 Å². The maximum atomic E-state index is 5.17. The van der Waals surface area contributed by atoms with Crippen LogP contribution in [0.4, 0.5) is 0 Å². The first-order chi connectivity index (χ1) is 25.2. The van der Waals surface area contributed by atoms with Crippen LogP contribution in [0.2, 0.25) is 0 Å². The topological polar surface area (TPSA) is 43.6 Å². The molecule has 3 heterocycles. The van der Waals surface area contributed by atoms with Gasteiger partial charge in [0, 0.05) is 50.3 Å². The molecule has 0 aliphatic carbocycles. The number of para-hydroxylation sites is 3. The molecule has 0 bridgehead atoms. The number of fused-ring (bicyclic) bond motifs is 5. The zero-order chi connectivity index (χ0) is 33.7. The van der Waals surface area contributed by atoms with Crippen LogP contribution in [0.15, 0.2) is 182 Å². The minimum atomic E-state index is 0.685. The molecule has 238 valence electrons. The van der Waals surface area contributed by atoms with E-state index >= 15 is 0 Å². The molecule has 0 radical (unpaired) electrons. The van der Waals surface area contributed by atoms with E-state index in [0.29, 0.717) is 5.82 Å². The fraction of sp³-hybridized carbons (Fsp3) is 0. The molecular weight excluding hydrogens is 621 g/mol. The van der Waals surface area contributed by atoms with Gasteiger partial charge in [-0.2, -0.15) is 0 Å². The van der Waals surface area contributed by atoms with Crippen molar-refractivity contribution in [1.82, 2.24) is 19.5 Å². The van der Waals surface area contributed by atoms with Crippen molar-refractivity contribution in [3.05, 3.63) is 182 Å². The van der Waals surface area contributed by atoms with E-state index in [1.165, 1.54) is 32.6 Å². The highest BCUT2D eigenvalue weighted by Gasteiger charge is 2.14. The van der Waals surface area contributed by atoms with Crippen LogP contribution in [0.25, 0.3) is 94.2 Å². The molecule has 0 aliphatic heterocycles. The lowest BCUT2D eigenvalue weighted by Crippen LogP contribution is -1.97. The van der Waals surface area contributed by atoms with Crippen LogP contribution in [-0.2, 0) is 0 Å². The van der Waals surface area contributed by atoms with E-state index in [2.05, 4.69) is 167 Å². The highest BCUT2D eigenvalue weighted by atomic mass is 15.0. The minimum Gasteiger partial charge on any atom is -0.309 e. The van der Waals surface area contributed by atoms with Crippen LogP contribution < -0.4 is 0 Å². The van der Waals surface area contributed by atoms with E-state index in [1.807, 2.05) is 24.4 Å². The number of benzene rings is 7. The molecule has 0 fully saturated rings. The summed E-state index contributed by atoms with van der Waals surface area (Å²) in [7, 11) is 0. The monoisotopic (exact) mass is 650 g/mol. The van der Waals surface area contributed by atoms with Gasteiger partial charge in [0.25, 0.3) is 0 Å². The molecule has 51 heavy (non-hydrogen) atoms. The normalized spacial score (nSPS) is 11.5. The number of hydrogen-bond donors (Lipinski definition) is 0. The third kappa shape index (κ3) is 5.13. The van der Waals surface area contributed by atoms with Crippen LogP contribution in [0, 0.1) is 0 Å². The maximum absolute atomic E-state index is 5.17. The zero-order valence-corrected chi connectivity index (χ0v) is 27.6. The van der Waals surface area contributed by atoms with E-state index in [9.17, 15) is 0 Å².